The Balaban J connectivity index is 2.21. The highest BCUT2D eigenvalue weighted by atomic mass is 16.4. The molecule has 2 N–H and O–H groups in total. The molecular formula is C18H26O4. The van der Waals surface area contributed by atoms with Gasteiger partial charge in [0.25, 0.3) is 0 Å². The molecule has 0 saturated heterocycles. The van der Waals surface area contributed by atoms with Gasteiger partial charge in [-0.3, -0.25) is 9.59 Å². The van der Waals surface area contributed by atoms with Gasteiger partial charge in [-0.05, 0) is 38.2 Å². The predicted octanol–water partition coefficient (Wildman–Crippen LogP) is 3.28. The Labute approximate surface area is 132 Å². The minimum absolute atomic E-state index is 0.0215. The Morgan fingerprint density at radius 1 is 1.36 bits per heavy atom. The number of carboxylic acids is 1. The van der Waals surface area contributed by atoms with Crippen LogP contribution in [-0.2, 0) is 9.59 Å². The fraction of sp³-hybridized carbons (Fsp3) is 0.556. The van der Waals surface area contributed by atoms with Crippen molar-refractivity contribution in [2.75, 3.05) is 0 Å². The number of aliphatic hydroxyl groups is 1. The highest BCUT2D eigenvalue weighted by Crippen LogP contribution is 2.26. The first kappa shape index (κ1) is 18.4. The summed E-state index contributed by atoms with van der Waals surface area (Å²) in [4.78, 5) is 21.9. The summed E-state index contributed by atoms with van der Waals surface area (Å²) in [6.45, 7) is 2.00. The first-order chi connectivity index (χ1) is 10.5. The number of carboxylic acid groups (broad SMARTS) is 1. The van der Waals surface area contributed by atoms with Crippen LogP contribution in [0.15, 0.2) is 36.5 Å². The number of hydrogen-bond acceptors (Lipinski definition) is 3. The van der Waals surface area contributed by atoms with Gasteiger partial charge in [0, 0.05) is 18.3 Å². The molecule has 4 heteroatoms. The highest BCUT2D eigenvalue weighted by molar-refractivity contribution is 5.94. The zero-order chi connectivity index (χ0) is 16.4. The maximum absolute atomic E-state index is 11.6. The molecule has 0 radical (unpaired) electrons. The second-order valence-corrected chi connectivity index (χ2v) is 5.65. The van der Waals surface area contributed by atoms with Crippen LogP contribution in [0.3, 0.4) is 0 Å². The fourth-order valence-corrected chi connectivity index (χ4v) is 2.55. The lowest BCUT2D eigenvalue weighted by molar-refractivity contribution is -0.137. The number of hydrogen-bond donors (Lipinski definition) is 2. The molecule has 0 heterocycles. The second kappa shape index (κ2) is 10.1. The van der Waals surface area contributed by atoms with Gasteiger partial charge in [-0.2, -0.15) is 0 Å². The Morgan fingerprint density at radius 3 is 2.82 bits per heavy atom. The SMILES string of the molecule is CC[C@H]1C(=O)C=C[C@H]1/C=C/[C@@H](O)C/C=C\CCCCC(=O)O. The Bertz CT molecular complexity index is 448. The van der Waals surface area contributed by atoms with Gasteiger partial charge in [0.15, 0.2) is 5.78 Å². The molecule has 0 saturated carbocycles. The summed E-state index contributed by atoms with van der Waals surface area (Å²) in [6, 6.07) is 0. The lowest BCUT2D eigenvalue weighted by Gasteiger charge is -2.12. The van der Waals surface area contributed by atoms with Gasteiger partial charge in [-0.1, -0.05) is 37.3 Å². The van der Waals surface area contributed by atoms with E-state index in [1.165, 1.54) is 0 Å². The molecule has 0 aromatic rings. The molecule has 0 fully saturated rings. The molecular weight excluding hydrogens is 280 g/mol. The molecule has 0 aromatic heterocycles. The summed E-state index contributed by atoms with van der Waals surface area (Å²) in [5.74, 6) is -0.456. The molecule has 3 atom stereocenters. The van der Waals surface area contributed by atoms with Crippen LogP contribution in [0.25, 0.3) is 0 Å². The minimum Gasteiger partial charge on any atom is -0.481 e. The van der Waals surface area contributed by atoms with Crippen LogP contribution in [0.5, 0.6) is 0 Å². The standard InChI is InChI=1S/C18H26O4/c1-2-16-14(11-13-17(16)20)10-12-15(19)8-6-4-3-5-7-9-18(21)22/h4,6,10-16,19H,2-3,5,7-9H2,1H3,(H,21,22)/b6-4-,12-10+/t14-,15+,16-/m1/s1. The number of carbonyl (C=O) groups is 2. The number of aliphatic carboxylic acids is 1. The molecule has 22 heavy (non-hydrogen) atoms. The van der Waals surface area contributed by atoms with Crippen molar-refractivity contribution in [3.63, 3.8) is 0 Å². The second-order valence-electron chi connectivity index (χ2n) is 5.65. The van der Waals surface area contributed by atoms with Gasteiger partial charge in [0.2, 0.25) is 0 Å². The van der Waals surface area contributed by atoms with Crippen LogP contribution in [0.4, 0.5) is 0 Å². The van der Waals surface area contributed by atoms with Gasteiger partial charge in [0.1, 0.15) is 0 Å². The maximum Gasteiger partial charge on any atom is 0.303 e. The largest absolute Gasteiger partial charge is 0.481 e. The van der Waals surface area contributed by atoms with E-state index in [9.17, 15) is 14.7 Å². The van der Waals surface area contributed by atoms with Gasteiger partial charge >= 0.3 is 5.97 Å². The third-order valence-corrected chi connectivity index (χ3v) is 3.86. The molecule has 1 aliphatic carbocycles. The van der Waals surface area contributed by atoms with E-state index in [1.54, 1.807) is 12.2 Å². The number of allylic oxidation sites excluding steroid dienone is 4. The van der Waals surface area contributed by atoms with Crippen LogP contribution < -0.4 is 0 Å². The zero-order valence-corrected chi connectivity index (χ0v) is 13.1. The summed E-state index contributed by atoms with van der Waals surface area (Å²) < 4.78 is 0. The Hall–Kier alpha value is -1.68. The molecule has 0 amide bonds. The van der Waals surface area contributed by atoms with E-state index >= 15 is 0 Å². The highest BCUT2D eigenvalue weighted by Gasteiger charge is 2.26. The number of ketones is 1. The lowest BCUT2D eigenvalue weighted by Crippen LogP contribution is -2.13. The normalized spacial score (nSPS) is 22.9. The zero-order valence-electron chi connectivity index (χ0n) is 13.1. The molecule has 1 rings (SSSR count). The van der Waals surface area contributed by atoms with Gasteiger partial charge in [-0.25, -0.2) is 0 Å². The van der Waals surface area contributed by atoms with Crippen molar-refractivity contribution in [2.45, 2.75) is 51.6 Å². The summed E-state index contributed by atoms with van der Waals surface area (Å²) >= 11 is 0. The predicted molar refractivity (Wildman–Crippen MR) is 86.4 cm³/mol. The number of aliphatic hydroxyl groups excluding tert-OH is 1. The lowest BCUT2D eigenvalue weighted by atomic mass is 9.91. The van der Waals surface area contributed by atoms with E-state index in [0.29, 0.717) is 12.8 Å². The van der Waals surface area contributed by atoms with Gasteiger partial charge in [-0.15, -0.1) is 0 Å². The Kier molecular flexibility index (Phi) is 8.44. The van der Waals surface area contributed by atoms with Crippen molar-refractivity contribution >= 4 is 11.8 Å². The number of rotatable bonds is 10. The molecule has 0 spiro atoms. The smallest absolute Gasteiger partial charge is 0.303 e. The molecule has 0 unspecified atom stereocenters. The molecule has 0 aliphatic heterocycles. The van der Waals surface area contributed by atoms with Crippen molar-refractivity contribution in [2.24, 2.45) is 11.8 Å². The summed E-state index contributed by atoms with van der Waals surface area (Å²) in [6.07, 6.45) is 14.5. The third-order valence-electron chi connectivity index (χ3n) is 3.86. The fourth-order valence-electron chi connectivity index (χ4n) is 2.55. The third kappa shape index (κ3) is 6.85. The number of unbranched alkanes of at least 4 members (excludes halogenated alkanes) is 2. The molecule has 4 nitrogen and oxygen atoms in total. The summed E-state index contributed by atoms with van der Waals surface area (Å²) in [5, 5.41) is 18.4. The van der Waals surface area contributed by atoms with E-state index in [1.807, 2.05) is 31.2 Å². The first-order valence-corrected chi connectivity index (χ1v) is 7.99. The van der Waals surface area contributed by atoms with Crippen LogP contribution in [0.2, 0.25) is 0 Å². The van der Waals surface area contributed by atoms with Crippen molar-refractivity contribution in [1.82, 2.24) is 0 Å². The number of carbonyl (C=O) groups excluding carboxylic acids is 1. The van der Waals surface area contributed by atoms with Crippen LogP contribution in [0, 0.1) is 11.8 Å². The quantitative estimate of drug-likeness (QED) is 0.480. The van der Waals surface area contributed by atoms with E-state index in [4.69, 9.17) is 5.11 Å². The van der Waals surface area contributed by atoms with Gasteiger partial charge < -0.3 is 10.2 Å². The van der Waals surface area contributed by atoms with E-state index in [2.05, 4.69) is 0 Å². The van der Waals surface area contributed by atoms with Crippen molar-refractivity contribution in [3.05, 3.63) is 36.5 Å². The van der Waals surface area contributed by atoms with Gasteiger partial charge in [0.05, 0.1) is 6.10 Å². The van der Waals surface area contributed by atoms with E-state index < -0.39 is 12.1 Å². The molecule has 122 valence electrons. The molecule has 0 bridgehead atoms. The summed E-state index contributed by atoms with van der Waals surface area (Å²) in [5.41, 5.74) is 0. The Morgan fingerprint density at radius 2 is 2.14 bits per heavy atom. The van der Waals surface area contributed by atoms with Crippen molar-refractivity contribution in [3.8, 4) is 0 Å². The van der Waals surface area contributed by atoms with E-state index in [0.717, 1.165) is 19.3 Å². The minimum atomic E-state index is -0.755. The monoisotopic (exact) mass is 306 g/mol. The first-order valence-electron chi connectivity index (χ1n) is 7.99. The average molecular weight is 306 g/mol. The maximum atomic E-state index is 11.6. The molecule has 0 aromatic carbocycles. The van der Waals surface area contributed by atoms with Crippen molar-refractivity contribution < 1.29 is 19.8 Å². The van der Waals surface area contributed by atoms with Crippen LogP contribution >= 0.6 is 0 Å². The summed E-state index contributed by atoms with van der Waals surface area (Å²) in [7, 11) is 0. The topological polar surface area (TPSA) is 74.6 Å². The van der Waals surface area contributed by atoms with E-state index in [-0.39, 0.29) is 24.0 Å². The van der Waals surface area contributed by atoms with Crippen molar-refractivity contribution in [1.29, 1.82) is 0 Å². The van der Waals surface area contributed by atoms with Crippen LogP contribution in [0.1, 0.15) is 45.4 Å². The average Bonchev–Trinajstić information content (AvgIpc) is 2.83. The van der Waals surface area contributed by atoms with Crippen LogP contribution in [-0.4, -0.2) is 28.1 Å². The molecule has 1 aliphatic rings.